The zero-order chi connectivity index (χ0) is 21.8. The Bertz CT molecular complexity index is 958. The predicted molar refractivity (Wildman–Crippen MR) is 122 cm³/mol. The van der Waals surface area contributed by atoms with Gasteiger partial charge in [0.2, 0.25) is 0 Å². The normalized spacial score (nSPS) is 17.4. The molecule has 2 N–H and O–H groups in total. The Kier molecular flexibility index (Phi) is 6.64. The maximum absolute atomic E-state index is 12.8. The number of carbonyl (C=O) groups is 1. The van der Waals surface area contributed by atoms with Crippen LogP contribution in [0.5, 0.6) is 5.75 Å². The molecule has 1 aromatic heterocycles. The van der Waals surface area contributed by atoms with E-state index in [0.717, 1.165) is 37.6 Å². The van der Waals surface area contributed by atoms with Gasteiger partial charge in [0.25, 0.3) is 5.91 Å². The number of pyridine rings is 1. The third kappa shape index (κ3) is 5.12. The summed E-state index contributed by atoms with van der Waals surface area (Å²) < 4.78 is 7.45. The number of aliphatic hydroxyl groups is 1. The number of benzene rings is 1. The first-order chi connectivity index (χ1) is 15.0. The van der Waals surface area contributed by atoms with Crippen molar-refractivity contribution in [1.29, 1.82) is 0 Å². The van der Waals surface area contributed by atoms with Gasteiger partial charge in [-0.3, -0.25) is 9.69 Å². The van der Waals surface area contributed by atoms with Crippen molar-refractivity contribution in [2.75, 3.05) is 58.7 Å². The Hall–Kier alpha value is -2.75. The second-order valence-corrected chi connectivity index (χ2v) is 8.78. The lowest BCUT2D eigenvalue weighted by atomic mass is 10.1. The van der Waals surface area contributed by atoms with Crippen molar-refractivity contribution in [3.05, 3.63) is 53.9 Å². The number of carbonyl (C=O) groups excluding carboxylic acids is 1. The molecule has 0 spiro atoms. The lowest BCUT2D eigenvalue weighted by Crippen LogP contribution is -2.45. The maximum atomic E-state index is 12.8. The van der Waals surface area contributed by atoms with Crippen LogP contribution in [-0.2, 0) is 4.79 Å². The monoisotopic (exact) mass is 441 g/mol. The van der Waals surface area contributed by atoms with Crippen LogP contribution in [0.25, 0.3) is 5.76 Å². The number of nitrogens with zero attached hydrogens (tertiary/aromatic N) is 4. The molecule has 1 saturated heterocycles. The van der Waals surface area contributed by atoms with Crippen LogP contribution in [-0.4, -0.2) is 83.5 Å². The Morgan fingerprint density at radius 3 is 2.68 bits per heavy atom. The van der Waals surface area contributed by atoms with Crippen molar-refractivity contribution in [3.8, 4) is 5.75 Å². The molecule has 0 saturated carbocycles. The molecule has 0 bridgehead atoms. The zero-order valence-electron chi connectivity index (χ0n) is 17.7. The van der Waals surface area contributed by atoms with Crippen LogP contribution in [0.15, 0.2) is 53.2 Å². The molecule has 1 aromatic carbocycles. The molecule has 2 aliphatic heterocycles. The molecule has 0 radical (unpaired) electrons. The number of aromatic nitrogens is 1. The third-order valence-corrected chi connectivity index (χ3v) is 6.39. The van der Waals surface area contributed by atoms with Crippen LogP contribution >= 0.6 is 11.9 Å². The number of amides is 1. The van der Waals surface area contributed by atoms with E-state index in [1.807, 2.05) is 18.2 Å². The van der Waals surface area contributed by atoms with Crippen LogP contribution in [0, 0.1) is 0 Å². The lowest BCUT2D eigenvalue weighted by Gasteiger charge is -2.32. The summed E-state index contributed by atoms with van der Waals surface area (Å²) in [6, 6.07) is 10.9. The van der Waals surface area contributed by atoms with Crippen LogP contribution in [0.3, 0.4) is 0 Å². The standard InChI is InChI=1S/C22H27N5O3S/c1-25-9-11-27(12-10-25)13-14-30-16-7-8-19(23-15-16)24-22(29)20-21(28)17-5-3-4-6-18(17)31-26(20)2/h3-8,15,28H,9-14H2,1-2H3,(H,23,24,29). The van der Waals surface area contributed by atoms with Crippen LogP contribution in [0.4, 0.5) is 5.82 Å². The minimum Gasteiger partial charge on any atom is -0.505 e. The summed E-state index contributed by atoms with van der Waals surface area (Å²) in [5.41, 5.74) is 0.839. The molecule has 8 nitrogen and oxygen atoms in total. The molecular weight excluding hydrogens is 414 g/mol. The van der Waals surface area contributed by atoms with Crippen LogP contribution in [0.1, 0.15) is 5.56 Å². The molecule has 0 aliphatic carbocycles. The number of rotatable bonds is 6. The summed E-state index contributed by atoms with van der Waals surface area (Å²) >= 11 is 1.39. The number of nitrogens with one attached hydrogen (secondary N) is 1. The Morgan fingerprint density at radius 1 is 1.16 bits per heavy atom. The van der Waals surface area contributed by atoms with Crippen molar-refractivity contribution in [1.82, 2.24) is 19.1 Å². The fourth-order valence-corrected chi connectivity index (χ4v) is 4.50. The van der Waals surface area contributed by atoms with E-state index in [2.05, 4.69) is 27.1 Å². The molecule has 9 heteroatoms. The molecule has 164 valence electrons. The average molecular weight is 442 g/mol. The van der Waals surface area contributed by atoms with Gasteiger partial charge in [0, 0.05) is 50.2 Å². The molecular formula is C22H27N5O3S. The molecule has 0 unspecified atom stereocenters. The van der Waals surface area contributed by atoms with E-state index in [4.69, 9.17) is 4.74 Å². The number of hydrogen-bond acceptors (Lipinski definition) is 8. The Balaban J connectivity index is 1.33. The number of piperazine rings is 1. The van der Waals surface area contributed by atoms with E-state index in [-0.39, 0.29) is 11.5 Å². The number of hydrogen-bond donors (Lipinski definition) is 2. The van der Waals surface area contributed by atoms with Crippen molar-refractivity contribution in [2.24, 2.45) is 0 Å². The summed E-state index contributed by atoms with van der Waals surface area (Å²) in [6.07, 6.45) is 1.60. The van der Waals surface area contributed by atoms with E-state index in [9.17, 15) is 9.90 Å². The summed E-state index contributed by atoms with van der Waals surface area (Å²) in [4.78, 5) is 22.7. The average Bonchev–Trinajstić information content (AvgIpc) is 2.76. The highest BCUT2D eigenvalue weighted by Gasteiger charge is 2.28. The zero-order valence-corrected chi connectivity index (χ0v) is 18.6. The highest BCUT2D eigenvalue weighted by atomic mass is 32.2. The smallest absolute Gasteiger partial charge is 0.277 e. The fraction of sp³-hybridized carbons (Fsp3) is 0.364. The van der Waals surface area contributed by atoms with Gasteiger partial charge in [0.05, 0.1) is 6.20 Å². The van der Waals surface area contributed by atoms with Gasteiger partial charge in [0.15, 0.2) is 11.5 Å². The number of aliphatic hydroxyl groups excluding tert-OH is 1. The summed E-state index contributed by atoms with van der Waals surface area (Å²) in [5.74, 6) is 0.596. The summed E-state index contributed by atoms with van der Waals surface area (Å²) in [6.45, 7) is 5.76. The van der Waals surface area contributed by atoms with Gasteiger partial charge in [-0.15, -0.1) is 0 Å². The second-order valence-electron chi connectivity index (χ2n) is 7.61. The molecule has 31 heavy (non-hydrogen) atoms. The highest BCUT2D eigenvalue weighted by Crippen LogP contribution is 2.38. The van der Waals surface area contributed by atoms with Crippen LogP contribution < -0.4 is 10.1 Å². The molecule has 2 aromatic rings. The van der Waals surface area contributed by atoms with Crippen molar-refractivity contribution in [3.63, 3.8) is 0 Å². The van der Waals surface area contributed by atoms with Crippen molar-refractivity contribution >= 4 is 29.4 Å². The maximum Gasteiger partial charge on any atom is 0.277 e. The largest absolute Gasteiger partial charge is 0.505 e. The van der Waals surface area contributed by atoms with E-state index in [0.29, 0.717) is 23.7 Å². The molecule has 1 amide bonds. The highest BCUT2D eigenvalue weighted by molar-refractivity contribution is 7.97. The minimum atomic E-state index is -0.418. The SMILES string of the molecule is CN1CCN(CCOc2ccc(NC(=O)C3=C(O)c4ccccc4SN3C)nc2)CC1. The fourth-order valence-electron chi connectivity index (χ4n) is 3.54. The molecule has 4 rings (SSSR count). The van der Waals surface area contributed by atoms with Gasteiger partial charge >= 0.3 is 0 Å². The van der Waals surface area contributed by atoms with Gasteiger partial charge in [0.1, 0.15) is 18.2 Å². The van der Waals surface area contributed by atoms with Gasteiger partial charge in [-0.05, 0) is 43.3 Å². The molecule has 3 heterocycles. The van der Waals surface area contributed by atoms with Gasteiger partial charge in [-0.2, -0.15) is 0 Å². The topological polar surface area (TPSA) is 81.2 Å². The first-order valence-electron chi connectivity index (χ1n) is 10.3. The van der Waals surface area contributed by atoms with E-state index < -0.39 is 5.91 Å². The van der Waals surface area contributed by atoms with Crippen molar-refractivity contribution in [2.45, 2.75) is 4.90 Å². The third-order valence-electron chi connectivity index (χ3n) is 5.38. The van der Waals surface area contributed by atoms with Gasteiger partial charge < -0.3 is 24.4 Å². The summed E-state index contributed by atoms with van der Waals surface area (Å²) in [7, 11) is 3.89. The predicted octanol–water partition coefficient (Wildman–Crippen LogP) is 2.53. The first-order valence-corrected chi connectivity index (χ1v) is 11.0. The minimum absolute atomic E-state index is 0.0433. The van der Waals surface area contributed by atoms with E-state index in [1.165, 1.54) is 11.9 Å². The Morgan fingerprint density at radius 2 is 1.94 bits per heavy atom. The Labute approximate surface area is 186 Å². The lowest BCUT2D eigenvalue weighted by molar-refractivity contribution is -0.113. The quantitative estimate of drug-likeness (QED) is 0.662. The summed E-state index contributed by atoms with van der Waals surface area (Å²) in [5, 5.41) is 13.4. The number of ether oxygens (including phenoxy) is 1. The van der Waals surface area contributed by atoms with E-state index >= 15 is 0 Å². The number of likely N-dealkylation sites (N-methyl/N-ethyl adjacent to an activating group) is 2. The molecule has 0 atom stereocenters. The van der Waals surface area contributed by atoms with Gasteiger partial charge in [-0.1, -0.05) is 12.1 Å². The van der Waals surface area contributed by atoms with Crippen LogP contribution in [0.2, 0.25) is 0 Å². The van der Waals surface area contributed by atoms with Gasteiger partial charge in [-0.25, -0.2) is 4.98 Å². The molecule has 1 fully saturated rings. The van der Waals surface area contributed by atoms with E-state index in [1.54, 1.807) is 35.7 Å². The number of anilines is 1. The first kappa shape index (κ1) is 21.5. The molecule has 2 aliphatic rings. The second kappa shape index (κ2) is 9.59. The van der Waals surface area contributed by atoms with Crippen molar-refractivity contribution < 1.29 is 14.6 Å². The number of fused-ring (bicyclic) bond motifs is 1.